The second kappa shape index (κ2) is 6.52. The molecule has 1 N–H and O–H groups in total. The molecule has 6 heteroatoms. The molecule has 0 radical (unpaired) electrons. The van der Waals surface area contributed by atoms with Gasteiger partial charge in [-0.25, -0.2) is 0 Å². The maximum Gasteiger partial charge on any atom is 0.277 e. The predicted octanol–water partition coefficient (Wildman–Crippen LogP) is 2.97. The van der Waals surface area contributed by atoms with Crippen molar-refractivity contribution in [3.05, 3.63) is 29.3 Å². The SMILES string of the molecule is Cc1cc(C)cc(-c2nnc(SCC(=O)NCC3CC3)o2)c1. The maximum absolute atomic E-state index is 11.7. The second-order valence-corrected chi connectivity index (χ2v) is 6.71. The van der Waals surface area contributed by atoms with Crippen molar-refractivity contribution in [2.24, 2.45) is 5.92 Å². The number of aromatic nitrogens is 2. The molecule has 0 saturated heterocycles. The molecule has 0 spiro atoms. The van der Waals surface area contributed by atoms with Crippen LogP contribution in [0.25, 0.3) is 11.5 Å². The third-order valence-electron chi connectivity index (χ3n) is 3.49. The Labute approximate surface area is 133 Å². The number of nitrogens with zero attached hydrogens (tertiary/aromatic N) is 2. The van der Waals surface area contributed by atoms with Crippen LogP contribution in [0.2, 0.25) is 0 Å². The number of rotatable bonds is 6. The van der Waals surface area contributed by atoms with Crippen LogP contribution in [0, 0.1) is 19.8 Å². The highest BCUT2D eigenvalue weighted by Gasteiger charge is 2.21. The molecule has 3 rings (SSSR count). The number of thioether (sulfide) groups is 1. The van der Waals surface area contributed by atoms with Gasteiger partial charge in [-0.3, -0.25) is 4.79 Å². The molecule has 1 aliphatic rings. The van der Waals surface area contributed by atoms with Crippen LogP contribution < -0.4 is 5.32 Å². The van der Waals surface area contributed by atoms with E-state index in [2.05, 4.69) is 21.6 Å². The van der Waals surface area contributed by atoms with E-state index in [1.807, 2.05) is 26.0 Å². The van der Waals surface area contributed by atoms with Crippen molar-refractivity contribution in [3.63, 3.8) is 0 Å². The molecule has 1 fully saturated rings. The summed E-state index contributed by atoms with van der Waals surface area (Å²) in [6.07, 6.45) is 2.46. The van der Waals surface area contributed by atoms with E-state index in [4.69, 9.17) is 4.42 Å². The van der Waals surface area contributed by atoms with Crippen LogP contribution in [0.1, 0.15) is 24.0 Å². The first kappa shape index (κ1) is 15.1. The van der Waals surface area contributed by atoms with E-state index >= 15 is 0 Å². The van der Waals surface area contributed by atoms with Crippen molar-refractivity contribution in [2.75, 3.05) is 12.3 Å². The van der Waals surface area contributed by atoms with Crippen molar-refractivity contribution >= 4 is 17.7 Å². The summed E-state index contributed by atoms with van der Waals surface area (Å²) in [6, 6.07) is 6.12. The lowest BCUT2D eigenvalue weighted by Crippen LogP contribution is -2.27. The Morgan fingerprint density at radius 1 is 1.27 bits per heavy atom. The van der Waals surface area contributed by atoms with Gasteiger partial charge in [0.25, 0.3) is 5.22 Å². The fourth-order valence-electron chi connectivity index (χ4n) is 2.24. The highest BCUT2D eigenvalue weighted by molar-refractivity contribution is 7.99. The largest absolute Gasteiger partial charge is 0.411 e. The first-order valence-corrected chi connectivity index (χ1v) is 8.40. The first-order valence-electron chi connectivity index (χ1n) is 7.42. The number of benzene rings is 1. The topological polar surface area (TPSA) is 68.0 Å². The molecule has 1 heterocycles. The number of aryl methyl sites for hydroxylation is 2. The van der Waals surface area contributed by atoms with Crippen LogP contribution in [0.5, 0.6) is 0 Å². The Morgan fingerprint density at radius 2 is 2.00 bits per heavy atom. The van der Waals surface area contributed by atoms with Gasteiger partial charge in [-0.1, -0.05) is 29.0 Å². The van der Waals surface area contributed by atoms with Crippen LogP contribution in [-0.2, 0) is 4.79 Å². The van der Waals surface area contributed by atoms with Gasteiger partial charge in [-0.05, 0) is 44.7 Å². The molecule has 2 aromatic rings. The summed E-state index contributed by atoms with van der Waals surface area (Å²) >= 11 is 1.27. The van der Waals surface area contributed by atoms with Crippen molar-refractivity contribution in [1.29, 1.82) is 0 Å². The fraction of sp³-hybridized carbons (Fsp3) is 0.438. The number of carbonyl (C=O) groups excluding carboxylic acids is 1. The van der Waals surface area contributed by atoms with Gasteiger partial charge < -0.3 is 9.73 Å². The third-order valence-corrected chi connectivity index (χ3v) is 4.31. The van der Waals surface area contributed by atoms with Crippen LogP contribution in [0.15, 0.2) is 27.8 Å². The zero-order valence-corrected chi connectivity index (χ0v) is 13.6. The molecule has 1 aromatic heterocycles. The number of nitrogens with one attached hydrogen (secondary N) is 1. The van der Waals surface area contributed by atoms with Gasteiger partial charge >= 0.3 is 0 Å². The zero-order chi connectivity index (χ0) is 15.5. The van der Waals surface area contributed by atoms with Gasteiger partial charge in [-0.2, -0.15) is 0 Å². The highest BCUT2D eigenvalue weighted by Crippen LogP contribution is 2.28. The van der Waals surface area contributed by atoms with Crippen molar-refractivity contribution in [2.45, 2.75) is 31.9 Å². The van der Waals surface area contributed by atoms with Gasteiger partial charge in [0.1, 0.15) is 0 Å². The monoisotopic (exact) mass is 317 g/mol. The van der Waals surface area contributed by atoms with Crippen LogP contribution in [0.4, 0.5) is 0 Å². The van der Waals surface area contributed by atoms with E-state index in [9.17, 15) is 4.79 Å². The average Bonchev–Trinajstić information content (AvgIpc) is 3.18. The molecule has 116 valence electrons. The Balaban J connectivity index is 1.57. The van der Waals surface area contributed by atoms with E-state index in [1.54, 1.807) is 0 Å². The van der Waals surface area contributed by atoms with Crippen molar-refractivity contribution < 1.29 is 9.21 Å². The average molecular weight is 317 g/mol. The van der Waals surface area contributed by atoms with Gasteiger partial charge in [0.15, 0.2) is 0 Å². The van der Waals surface area contributed by atoms with Gasteiger partial charge in [0, 0.05) is 12.1 Å². The van der Waals surface area contributed by atoms with E-state index in [0.29, 0.717) is 22.8 Å². The first-order chi connectivity index (χ1) is 10.6. The molecule has 5 nitrogen and oxygen atoms in total. The number of hydrogen-bond acceptors (Lipinski definition) is 5. The zero-order valence-electron chi connectivity index (χ0n) is 12.8. The quantitative estimate of drug-likeness (QED) is 0.830. The minimum atomic E-state index is 0.0167. The van der Waals surface area contributed by atoms with E-state index < -0.39 is 0 Å². The standard InChI is InChI=1S/C16H19N3O2S/c1-10-5-11(2)7-13(6-10)15-18-19-16(21-15)22-9-14(20)17-8-12-3-4-12/h5-7,12H,3-4,8-9H2,1-2H3,(H,17,20). The summed E-state index contributed by atoms with van der Waals surface area (Å²) in [7, 11) is 0. The molecular formula is C16H19N3O2S. The Morgan fingerprint density at radius 3 is 2.68 bits per heavy atom. The molecule has 1 aromatic carbocycles. The lowest BCUT2D eigenvalue weighted by atomic mass is 10.1. The van der Waals surface area contributed by atoms with Gasteiger partial charge in [0.05, 0.1) is 5.75 Å². The molecular weight excluding hydrogens is 298 g/mol. The molecule has 22 heavy (non-hydrogen) atoms. The predicted molar refractivity (Wildman–Crippen MR) is 85.7 cm³/mol. The van der Waals surface area contributed by atoms with E-state index in [0.717, 1.165) is 23.2 Å². The Bertz CT molecular complexity index is 660. The fourth-order valence-corrected chi connectivity index (χ4v) is 2.83. The summed E-state index contributed by atoms with van der Waals surface area (Å²) in [5.41, 5.74) is 3.22. The van der Waals surface area contributed by atoms with E-state index in [-0.39, 0.29) is 5.91 Å². The molecule has 1 amide bonds. The minimum Gasteiger partial charge on any atom is -0.411 e. The molecule has 0 bridgehead atoms. The van der Waals surface area contributed by atoms with Gasteiger partial charge in [-0.15, -0.1) is 10.2 Å². The van der Waals surface area contributed by atoms with Crippen LogP contribution in [-0.4, -0.2) is 28.4 Å². The highest BCUT2D eigenvalue weighted by atomic mass is 32.2. The number of hydrogen-bond donors (Lipinski definition) is 1. The maximum atomic E-state index is 11.7. The molecule has 0 unspecified atom stereocenters. The summed E-state index contributed by atoms with van der Waals surface area (Å²) in [6.45, 7) is 4.86. The smallest absolute Gasteiger partial charge is 0.277 e. The number of carbonyl (C=O) groups is 1. The summed E-state index contributed by atoms with van der Waals surface area (Å²) in [4.78, 5) is 11.7. The van der Waals surface area contributed by atoms with Crippen LogP contribution >= 0.6 is 11.8 Å². The lowest BCUT2D eigenvalue weighted by molar-refractivity contribution is -0.118. The van der Waals surface area contributed by atoms with Crippen molar-refractivity contribution in [3.8, 4) is 11.5 Å². The molecule has 1 aliphatic carbocycles. The summed E-state index contributed by atoms with van der Waals surface area (Å²) < 4.78 is 5.63. The Kier molecular flexibility index (Phi) is 4.47. The molecule has 1 saturated carbocycles. The number of amides is 1. The molecule has 0 atom stereocenters. The molecule has 0 aliphatic heterocycles. The normalized spacial score (nSPS) is 14.1. The Hall–Kier alpha value is -1.82. The van der Waals surface area contributed by atoms with E-state index in [1.165, 1.54) is 24.6 Å². The minimum absolute atomic E-state index is 0.0167. The second-order valence-electron chi connectivity index (χ2n) is 5.79. The van der Waals surface area contributed by atoms with Gasteiger partial charge in [0.2, 0.25) is 11.8 Å². The van der Waals surface area contributed by atoms with Crippen LogP contribution in [0.3, 0.4) is 0 Å². The third kappa shape index (κ3) is 4.10. The summed E-state index contributed by atoms with van der Waals surface area (Å²) in [5.74, 6) is 1.51. The van der Waals surface area contributed by atoms with Crippen molar-refractivity contribution in [1.82, 2.24) is 15.5 Å². The summed E-state index contributed by atoms with van der Waals surface area (Å²) in [5, 5.41) is 11.4. The lowest BCUT2D eigenvalue weighted by Gasteiger charge is -2.01.